The highest BCUT2D eigenvalue weighted by molar-refractivity contribution is 6.82. The predicted molar refractivity (Wildman–Crippen MR) is 175 cm³/mol. The van der Waals surface area contributed by atoms with Crippen LogP contribution < -0.4 is 0 Å². The van der Waals surface area contributed by atoms with E-state index in [0.29, 0.717) is 0 Å². The fourth-order valence-corrected chi connectivity index (χ4v) is 8.76. The van der Waals surface area contributed by atoms with Crippen LogP contribution in [0.15, 0.2) is 66.1 Å². The van der Waals surface area contributed by atoms with E-state index in [9.17, 15) is 0 Å². The molecule has 7 heteroatoms. The first-order valence-electron chi connectivity index (χ1n) is 17.6. The maximum Gasteiger partial charge on any atom is 0.376 e. The third-order valence-corrected chi connectivity index (χ3v) is 11.1. The van der Waals surface area contributed by atoms with Crippen LogP contribution in [0.25, 0.3) is 0 Å². The lowest BCUT2D eigenvalue weighted by atomic mass is 9.53. The van der Waals surface area contributed by atoms with Crippen LogP contribution in [0.3, 0.4) is 0 Å². The van der Waals surface area contributed by atoms with E-state index in [1.54, 1.807) is 0 Å². The van der Waals surface area contributed by atoms with Gasteiger partial charge in [0.05, 0.1) is 0 Å². The van der Waals surface area contributed by atoms with Crippen LogP contribution in [0.2, 0.25) is 0 Å². The highest BCUT2D eigenvalue weighted by Gasteiger charge is 2.40. The van der Waals surface area contributed by atoms with Crippen LogP contribution in [0.5, 0.6) is 0 Å². The zero-order valence-corrected chi connectivity index (χ0v) is 26.3. The number of rotatable bonds is 10. The lowest BCUT2D eigenvalue weighted by Gasteiger charge is -2.42. The van der Waals surface area contributed by atoms with Gasteiger partial charge in [0.2, 0.25) is 0 Å². The highest BCUT2D eigenvalue weighted by atomic mass is 15.5. The molecule has 4 aliphatic carbocycles. The molecule has 3 aromatic rings. The molecule has 3 heterocycles. The summed E-state index contributed by atoms with van der Waals surface area (Å²) in [5.74, 6) is 2.29. The molecule has 43 heavy (non-hydrogen) atoms. The van der Waals surface area contributed by atoms with E-state index in [2.05, 4.69) is 75.8 Å². The normalized spacial score (nSPS) is 21.0. The maximum absolute atomic E-state index is 5.15. The van der Waals surface area contributed by atoms with E-state index in [1.165, 1.54) is 113 Å². The molecular weight excluding hydrogens is 527 g/mol. The van der Waals surface area contributed by atoms with E-state index >= 15 is 0 Å². The summed E-state index contributed by atoms with van der Waals surface area (Å²) in [4.78, 5) is 0. The fraction of sp³-hybridized carbons (Fsp3) is 0.611. The molecule has 0 aliphatic heterocycles. The second-order valence-electron chi connectivity index (χ2n) is 14.4. The molecule has 0 bridgehead atoms. The molecule has 3 saturated carbocycles. The van der Waals surface area contributed by atoms with Gasteiger partial charge in [0.1, 0.15) is 0 Å². The summed E-state index contributed by atoms with van der Waals surface area (Å²) in [6, 6.07) is 0. The summed E-state index contributed by atoms with van der Waals surface area (Å²) in [6.45, 7) is 0.271. The van der Waals surface area contributed by atoms with Gasteiger partial charge in [0.15, 0.2) is 0 Å². The van der Waals surface area contributed by atoms with Crippen LogP contribution >= 0.6 is 0 Å². The minimum Gasteiger partial charge on any atom is -0.395 e. The minimum atomic E-state index is -1.87. The van der Waals surface area contributed by atoms with Gasteiger partial charge in [-0.3, -0.25) is 0 Å². The zero-order valence-electron chi connectivity index (χ0n) is 26.3. The van der Waals surface area contributed by atoms with E-state index < -0.39 is 6.55 Å². The van der Waals surface area contributed by atoms with E-state index in [-0.39, 0.29) is 0 Å². The van der Waals surface area contributed by atoms with Crippen molar-refractivity contribution in [2.45, 2.75) is 122 Å². The summed E-state index contributed by atoms with van der Waals surface area (Å²) in [5, 5.41) is 15.4. The first-order chi connectivity index (χ1) is 21.2. The molecule has 0 spiro atoms. The summed E-state index contributed by atoms with van der Waals surface area (Å²) < 4.78 is 6.58. The molecule has 3 aromatic heterocycles. The zero-order chi connectivity index (χ0) is 29.1. The number of hydrogen-bond acceptors (Lipinski definition) is 3. The molecular formula is C36H50BN6-. The SMILES string of the molecule is CC1=C=C([B-](n2cc(CC3CCCCC3)cn2)(n2cc(CC3CCCCC3)cn2)n2cc(CC3CCCCC3)cn2)C=C1. The second-order valence-corrected chi connectivity index (χ2v) is 14.4. The predicted octanol–water partition coefficient (Wildman–Crippen LogP) is 8.11. The summed E-state index contributed by atoms with van der Waals surface area (Å²) in [7, 11) is 0. The van der Waals surface area contributed by atoms with Crippen LogP contribution in [-0.2, 0) is 19.3 Å². The molecule has 0 aromatic carbocycles. The largest absolute Gasteiger partial charge is 0.395 e. The molecule has 3 fully saturated rings. The molecule has 7 rings (SSSR count). The lowest BCUT2D eigenvalue weighted by Crippen LogP contribution is -2.60. The van der Waals surface area contributed by atoms with Crippen molar-refractivity contribution in [1.82, 2.24) is 29.1 Å². The Bertz CT molecular complexity index is 1320. The van der Waals surface area contributed by atoms with Crippen molar-refractivity contribution in [1.29, 1.82) is 0 Å². The standard InChI is InChI=1S/C36H50BN6/c1-29-17-18-36(19-29)37(41-26-33(23-38-41)20-30-11-5-2-6-12-30,42-27-34(24-39-42)21-31-13-7-3-8-14-31)43-28-35(25-40-43)22-32-15-9-4-10-16-32/h17-18,23-28,30-32H,2-16,20-22H2,1H3/q-1. The van der Waals surface area contributed by atoms with Crippen molar-refractivity contribution in [3.8, 4) is 0 Å². The number of nitrogens with zero attached hydrogens (tertiary/aromatic N) is 6. The van der Waals surface area contributed by atoms with Gasteiger partial charge in [-0.15, -0.1) is 0 Å². The number of allylic oxidation sites excluding steroid dienone is 3. The third-order valence-electron chi connectivity index (χ3n) is 11.1. The van der Waals surface area contributed by atoms with E-state index in [0.717, 1.165) is 48.1 Å². The fourth-order valence-electron chi connectivity index (χ4n) is 8.76. The minimum absolute atomic E-state index is 0.764. The molecule has 0 N–H and O–H groups in total. The molecule has 6 nitrogen and oxygen atoms in total. The van der Waals surface area contributed by atoms with Crippen LogP contribution in [0, 0.1) is 17.8 Å². The van der Waals surface area contributed by atoms with Gasteiger partial charge in [0, 0.05) is 18.6 Å². The van der Waals surface area contributed by atoms with Crippen molar-refractivity contribution in [3.63, 3.8) is 0 Å². The molecule has 0 amide bonds. The molecule has 0 unspecified atom stereocenters. The van der Waals surface area contributed by atoms with Gasteiger partial charge >= 0.3 is 6.55 Å². The average Bonchev–Trinajstić information content (AvgIpc) is 3.86. The second kappa shape index (κ2) is 12.9. The quantitative estimate of drug-likeness (QED) is 0.181. The van der Waals surface area contributed by atoms with E-state index in [4.69, 9.17) is 15.3 Å². The molecule has 0 radical (unpaired) electrons. The van der Waals surface area contributed by atoms with Crippen LogP contribution in [0.1, 0.15) is 120 Å². The first-order valence-corrected chi connectivity index (χ1v) is 17.6. The number of hydrogen-bond donors (Lipinski definition) is 0. The Morgan fingerprint density at radius 2 is 0.953 bits per heavy atom. The van der Waals surface area contributed by atoms with Crippen molar-refractivity contribution < 1.29 is 0 Å². The highest BCUT2D eigenvalue weighted by Crippen LogP contribution is 2.32. The Morgan fingerprint density at radius 3 is 1.28 bits per heavy atom. The number of aromatic nitrogens is 6. The van der Waals surface area contributed by atoms with Crippen molar-refractivity contribution in [2.75, 3.05) is 0 Å². The Labute approximate surface area is 258 Å². The van der Waals surface area contributed by atoms with Gasteiger partial charge in [-0.2, -0.15) is 5.73 Å². The van der Waals surface area contributed by atoms with Gasteiger partial charge in [-0.1, -0.05) is 114 Å². The Morgan fingerprint density at radius 1 is 0.581 bits per heavy atom. The Hall–Kier alpha value is -3.05. The topological polar surface area (TPSA) is 53.5 Å². The monoisotopic (exact) mass is 577 g/mol. The van der Waals surface area contributed by atoms with Crippen LogP contribution in [-0.4, -0.2) is 35.6 Å². The summed E-state index contributed by atoms with van der Waals surface area (Å²) in [6.07, 6.45) is 41.3. The molecule has 0 atom stereocenters. The average molecular weight is 578 g/mol. The molecule has 4 aliphatic rings. The summed E-state index contributed by atoms with van der Waals surface area (Å²) >= 11 is 0. The van der Waals surface area contributed by atoms with Gasteiger partial charge in [-0.25, -0.2) is 15.3 Å². The lowest BCUT2D eigenvalue weighted by molar-refractivity contribution is 0.356. The van der Waals surface area contributed by atoms with Gasteiger partial charge < -0.3 is 13.8 Å². The van der Waals surface area contributed by atoms with Crippen molar-refractivity contribution >= 4 is 6.55 Å². The van der Waals surface area contributed by atoms with Gasteiger partial charge in [0.25, 0.3) is 0 Å². The van der Waals surface area contributed by atoms with Gasteiger partial charge in [-0.05, 0) is 84.8 Å². The summed E-state index contributed by atoms with van der Waals surface area (Å²) in [5.41, 5.74) is 9.93. The molecule has 0 saturated heterocycles. The Kier molecular flexibility index (Phi) is 8.61. The first kappa shape index (κ1) is 28.7. The molecule has 228 valence electrons. The third kappa shape index (κ3) is 6.16. The van der Waals surface area contributed by atoms with Crippen LogP contribution in [0.4, 0.5) is 0 Å². The Balaban J connectivity index is 1.30. The van der Waals surface area contributed by atoms with E-state index in [1.807, 2.05) is 0 Å². The van der Waals surface area contributed by atoms with Crippen molar-refractivity contribution in [3.05, 3.63) is 82.8 Å². The van der Waals surface area contributed by atoms with Crippen molar-refractivity contribution in [2.24, 2.45) is 17.8 Å². The maximum atomic E-state index is 5.15. The smallest absolute Gasteiger partial charge is 0.376 e.